The lowest BCUT2D eigenvalue weighted by atomic mass is 9.93. The van der Waals surface area contributed by atoms with Crippen molar-refractivity contribution in [1.82, 2.24) is 15.1 Å². The number of hydrogen-bond donors (Lipinski definition) is 1. The molecule has 1 heterocycles. The van der Waals surface area contributed by atoms with E-state index in [0.29, 0.717) is 5.91 Å². The van der Waals surface area contributed by atoms with Gasteiger partial charge in [-0.3, -0.25) is 4.79 Å². The third-order valence-corrected chi connectivity index (χ3v) is 4.76. The van der Waals surface area contributed by atoms with Crippen molar-refractivity contribution in [2.24, 2.45) is 5.92 Å². The Balaban J connectivity index is 2.21. The van der Waals surface area contributed by atoms with Crippen LogP contribution in [0, 0.1) is 5.92 Å². The molecule has 0 aromatic rings. The molecule has 0 spiro atoms. The Kier molecular flexibility index (Phi) is 9.68. The molecule has 0 unspecified atom stereocenters. The van der Waals surface area contributed by atoms with Crippen LogP contribution in [0.15, 0.2) is 0 Å². The average Bonchev–Trinajstić information content (AvgIpc) is 2.54. The van der Waals surface area contributed by atoms with Crippen molar-refractivity contribution in [2.45, 2.75) is 52.9 Å². The maximum atomic E-state index is 12.3. The molecule has 124 valence electrons. The number of carbonyl (C=O) groups is 1. The topological polar surface area (TPSA) is 35.6 Å². The highest BCUT2D eigenvalue weighted by atomic mass is 16.2. The second-order valence-electron chi connectivity index (χ2n) is 6.09. The van der Waals surface area contributed by atoms with Crippen molar-refractivity contribution in [2.75, 3.05) is 45.8 Å². The lowest BCUT2D eigenvalue weighted by Gasteiger charge is -2.26. The first-order valence-corrected chi connectivity index (χ1v) is 8.92. The standard InChI is InChI=1S/C17H35N3O/c1-4-19(5-2)14-7-15-20(6-3)17(21)9-8-16-10-12-18-13-11-16/h16,18H,4-15H2,1-3H3. The molecule has 1 amide bonds. The normalized spacial score (nSPS) is 16.4. The minimum atomic E-state index is 0.357. The van der Waals surface area contributed by atoms with Crippen LogP contribution in [0.2, 0.25) is 0 Å². The molecule has 1 fully saturated rings. The van der Waals surface area contributed by atoms with Crippen LogP contribution in [0.1, 0.15) is 52.9 Å². The molecule has 0 atom stereocenters. The van der Waals surface area contributed by atoms with Crippen LogP contribution in [-0.4, -0.2) is 61.5 Å². The summed E-state index contributed by atoms with van der Waals surface area (Å²) in [5.74, 6) is 1.11. The van der Waals surface area contributed by atoms with Crippen molar-refractivity contribution >= 4 is 5.91 Å². The Morgan fingerprint density at radius 2 is 1.71 bits per heavy atom. The number of rotatable bonds is 10. The second-order valence-corrected chi connectivity index (χ2v) is 6.09. The molecular weight excluding hydrogens is 262 g/mol. The monoisotopic (exact) mass is 297 g/mol. The van der Waals surface area contributed by atoms with Crippen molar-refractivity contribution in [3.63, 3.8) is 0 Å². The molecule has 0 radical (unpaired) electrons. The number of nitrogens with zero attached hydrogens (tertiary/aromatic N) is 2. The fraction of sp³-hybridized carbons (Fsp3) is 0.941. The van der Waals surface area contributed by atoms with Crippen LogP contribution in [0.3, 0.4) is 0 Å². The first-order chi connectivity index (χ1) is 10.2. The number of carbonyl (C=O) groups excluding carboxylic acids is 1. The summed E-state index contributed by atoms with van der Waals surface area (Å²) in [6.07, 6.45) is 5.38. The van der Waals surface area contributed by atoms with Crippen molar-refractivity contribution < 1.29 is 4.79 Å². The van der Waals surface area contributed by atoms with Gasteiger partial charge in [0.1, 0.15) is 0 Å². The molecule has 0 saturated carbocycles. The van der Waals surface area contributed by atoms with Crippen LogP contribution in [0.5, 0.6) is 0 Å². The minimum absolute atomic E-state index is 0.357. The molecule has 4 nitrogen and oxygen atoms in total. The molecule has 1 rings (SSSR count). The van der Waals surface area contributed by atoms with Gasteiger partial charge in [0, 0.05) is 19.5 Å². The smallest absolute Gasteiger partial charge is 0.222 e. The van der Waals surface area contributed by atoms with E-state index in [1.165, 1.54) is 12.8 Å². The van der Waals surface area contributed by atoms with Gasteiger partial charge in [0.15, 0.2) is 0 Å². The maximum absolute atomic E-state index is 12.3. The van der Waals surface area contributed by atoms with E-state index in [0.717, 1.165) is 71.0 Å². The Labute approximate surface area is 131 Å². The summed E-state index contributed by atoms with van der Waals surface area (Å²) in [6, 6.07) is 0. The maximum Gasteiger partial charge on any atom is 0.222 e. The Bertz CT molecular complexity index is 273. The largest absolute Gasteiger partial charge is 0.343 e. The number of amides is 1. The highest BCUT2D eigenvalue weighted by molar-refractivity contribution is 5.76. The SMILES string of the molecule is CCN(CC)CCCN(CC)C(=O)CCC1CCNCC1. The van der Waals surface area contributed by atoms with Gasteiger partial charge in [0.05, 0.1) is 0 Å². The van der Waals surface area contributed by atoms with E-state index in [1.54, 1.807) is 0 Å². The summed E-state index contributed by atoms with van der Waals surface area (Å²) in [4.78, 5) is 16.8. The van der Waals surface area contributed by atoms with Gasteiger partial charge < -0.3 is 15.1 Å². The van der Waals surface area contributed by atoms with Gasteiger partial charge in [-0.25, -0.2) is 0 Å². The van der Waals surface area contributed by atoms with Gasteiger partial charge in [-0.15, -0.1) is 0 Å². The summed E-state index contributed by atoms with van der Waals surface area (Å²) in [7, 11) is 0. The van der Waals surface area contributed by atoms with E-state index >= 15 is 0 Å². The summed E-state index contributed by atoms with van der Waals surface area (Å²) in [5.41, 5.74) is 0. The lowest BCUT2D eigenvalue weighted by Crippen LogP contribution is -2.35. The predicted octanol–water partition coefficient (Wildman–Crippen LogP) is 2.35. The van der Waals surface area contributed by atoms with E-state index in [9.17, 15) is 4.79 Å². The van der Waals surface area contributed by atoms with Crippen LogP contribution in [0.25, 0.3) is 0 Å². The van der Waals surface area contributed by atoms with Crippen LogP contribution < -0.4 is 5.32 Å². The third-order valence-electron chi connectivity index (χ3n) is 4.76. The second kappa shape index (κ2) is 11.0. The highest BCUT2D eigenvalue weighted by Gasteiger charge is 2.17. The molecule has 21 heavy (non-hydrogen) atoms. The van der Waals surface area contributed by atoms with Crippen molar-refractivity contribution in [1.29, 1.82) is 0 Å². The molecule has 0 aromatic heterocycles. The molecule has 0 aliphatic carbocycles. The van der Waals surface area contributed by atoms with Crippen LogP contribution in [-0.2, 0) is 4.79 Å². The first-order valence-electron chi connectivity index (χ1n) is 8.92. The zero-order valence-corrected chi connectivity index (χ0v) is 14.4. The van der Waals surface area contributed by atoms with E-state index in [4.69, 9.17) is 0 Å². The summed E-state index contributed by atoms with van der Waals surface area (Å²) >= 11 is 0. The van der Waals surface area contributed by atoms with E-state index in [1.807, 2.05) is 4.90 Å². The Morgan fingerprint density at radius 1 is 1.05 bits per heavy atom. The highest BCUT2D eigenvalue weighted by Crippen LogP contribution is 2.18. The Hall–Kier alpha value is -0.610. The number of nitrogens with one attached hydrogen (secondary N) is 1. The van der Waals surface area contributed by atoms with Crippen LogP contribution in [0.4, 0.5) is 0 Å². The zero-order chi connectivity index (χ0) is 15.5. The van der Waals surface area contributed by atoms with Gasteiger partial charge in [-0.1, -0.05) is 13.8 Å². The fourth-order valence-corrected chi connectivity index (χ4v) is 3.14. The molecular formula is C17H35N3O. The van der Waals surface area contributed by atoms with Gasteiger partial charge in [0.2, 0.25) is 5.91 Å². The molecule has 4 heteroatoms. The van der Waals surface area contributed by atoms with E-state index < -0.39 is 0 Å². The Morgan fingerprint density at radius 3 is 2.29 bits per heavy atom. The van der Waals surface area contributed by atoms with Crippen LogP contribution >= 0.6 is 0 Å². The average molecular weight is 297 g/mol. The third kappa shape index (κ3) is 7.28. The lowest BCUT2D eigenvalue weighted by molar-refractivity contribution is -0.131. The first kappa shape index (κ1) is 18.4. The van der Waals surface area contributed by atoms with Crippen molar-refractivity contribution in [3.8, 4) is 0 Å². The summed E-state index contributed by atoms with van der Waals surface area (Å²) in [6.45, 7) is 13.8. The predicted molar refractivity (Wildman–Crippen MR) is 89.5 cm³/mol. The molecule has 0 aromatic carbocycles. The molecule has 1 N–H and O–H groups in total. The quantitative estimate of drug-likeness (QED) is 0.672. The van der Waals surface area contributed by atoms with Crippen molar-refractivity contribution in [3.05, 3.63) is 0 Å². The summed E-state index contributed by atoms with van der Waals surface area (Å²) in [5, 5.41) is 3.39. The van der Waals surface area contributed by atoms with Gasteiger partial charge in [-0.05, 0) is 71.2 Å². The number of piperidine rings is 1. The van der Waals surface area contributed by atoms with E-state index in [2.05, 4.69) is 31.0 Å². The molecule has 1 aliphatic rings. The van der Waals surface area contributed by atoms with Gasteiger partial charge in [0.25, 0.3) is 0 Å². The van der Waals surface area contributed by atoms with Gasteiger partial charge in [-0.2, -0.15) is 0 Å². The molecule has 1 aliphatic heterocycles. The molecule has 1 saturated heterocycles. The molecule has 0 bridgehead atoms. The number of hydrogen-bond acceptors (Lipinski definition) is 3. The van der Waals surface area contributed by atoms with E-state index in [-0.39, 0.29) is 0 Å². The zero-order valence-electron chi connectivity index (χ0n) is 14.4. The minimum Gasteiger partial charge on any atom is -0.343 e. The summed E-state index contributed by atoms with van der Waals surface area (Å²) < 4.78 is 0. The van der Waals surface area contributed by atoms with Gasteiger partial charge >= 0.3 is 0 Å². The fourth-order valence-electron chi connectivity index (χ4n) is 3.14.